The third-order valence-electron chi connectivity index (χ3n) is 3.01. The lowest BCUT2D eigenvalue weighted by Gasteiger charge is -2.06. The number of aliphatic hydroxyl groups excluding tert-OH is 1. The lowest BCUT2D eigenvalue weighted by molar-refractivity contribution is 0.244. The molecule has 3 N–H and O–H groups in total. The normalized spacial score (nSPS) is 10.7. The highest BCUT2D eigenvalue weighted by Gasteiger charge is 2.03. The molecule has 0 bridgehead atoms. The summed E-state index contributed by atoms with van der Waals surface area (Å²) in [5, 5.41) is 19.1. The van der Waals surface area contributed by atoms with E-state index in [2.05, 4.69) is 15.5 Å². The second-order valence-electron chi connectivity index (χ2n) is 4.43. The summed E-state index contributed by atoms with van der Waals surface area (Å²) in [6.07, 6.45) is 1.73. The van der Waals surface area contributed by atoms with E-state index in [9.17, 15) is 0 Å². The summed E-state index contributed by atoms with van der Waals surface area (Å²) in [6.45, 7) is 0.502. The van der Waals surface area contributed by atoms with Crippen LogP contribution in [0.2, 0.25) is 0 Å². The summed E-state index contributed by atoms with van der Waals surface area (Å²) >= 11 is 0. The van der Waals surface area contributed by atoms with E-state index in [-0.39, 0.29) is 6.61 Å². The van der Waals surface area contributed by atoms with Gasteiger partial charge in [-0.25, -0.2) is 0 Å². The second-order valence-corrected chi connectivity index (χ2v) is 4.43. The molecule has 0 radical (unpaired) electrons. The number of nitrogens with one attached hydrogen (secondary N) is 2. The molecule has 2 heterocycles. The van der Waals surface area contributed by atoms with E-state index in [1.165, 1.54) is 0 Å². The van der Waals surface area contributed by atoms with Gasteiger partial charge in [0.25, 0.3) is 0 Å². The van der Waals surface area contributed by atoms with Crippen LogP contribution in [0, 0.1) is 0 Å². The van der Waals surface area contributed by atoms with Crippen molar-refractivity contribution in [3.8, 4) is 11.3 Å². The fourth-order valence-electron chi connectivity index (χ4n) is 2.00. The average molecular weight is 269 g/mol. The molecular weight excluding hydrogens is 254 g/mol. The fraction of sp³-hybridized carbons (Fsp3) is 0.133. The second kappa shape index (κ2) is 5.63. The number of H-pyrrole nitrogens is 1. The number of nitrogens with zero attached hydrogens (tertiary/aromatic N) is 1. The highest BCUT2D eigenvalue weighted by molar-refractivity contribution is 5.64. The van der Waals surface area contributed by atoms with Gasteiger partial charge in [0.15, 0.2) is 0 Å². The molecule has 5 heteroatoms. The van der Waals surface area contributed by atoms with Crippen LogP contribution in [0.1, 0.15) is 11.5 Å². The molecule has 1 aromatic carbocycles. The van der Waals surface area contributed by atoms with Gasteiger partial charge in [-0.2, -0.15) is 5.10 Å². The molecule has 0 amide bonds. The highest BCUT2D eigenvalue weighted by Crippen LogP contribution is 2.21. The van der Waals surface area contributed by atoms with Crippen molar-refractivity contribution in [3.63, 3.8) is 0 Å². The molecule has 20 heavy (non-hydrogen) atoms. The van der Waals surface area contributed by atoms with E-state index in [4.69, 9.17) is 9.52 Å². The summed E-state index contributed by atoms with van der Waals surface area (Å²) in [5.41, 5.74) is 3.05. The number of hydrogen-bond acceptors (Lipinski definition) is 4. The van der Waals surface area contributed by atoms with Crippen LogP contribution in [0.3, 0.4) is 0 Å². The van der Waals surface area contributed by atoms with Crippen molar-refractivity contribution < 1.29 is 9.52 Å². The van der Waals surface area contributed by atoms with Crippen molar-refractivity contribution in [3.05, 3.63) is 60.2 Å². The van der Waals surface area contributed by atoms with Crippen LogP contribution in [-0.4, -0.2) is 15.3 Å². The van der Waals surface area contributed by atoms with E-state index < -0.39 is 0 Å². The molecule has 0 aliphatic carbocycles. The topological polar surface area (TPSA) is 74.1 Å². The number of furan rings is 1. The summed E-state index contributed by atoms with van der Waals surface area (Å²) in [7, 11) is 0. The van der Waals surface area contributed by atoms with Crippen molar-refractivity contribution in [2.24, 2.45) is 0 Å². The van der Waals surface area contributed by atoms with E-state index in [1.54, 1.807) is 12.3 Å². The molecule has 0 saturated carbocycles. The third-order valence-corrected chi connectivity index (χ3v) is 3.01. The van der Waals surface area contributed by atoms with Crippen LogP contribution in [0.25, 0.3) is 11.3 Å². The number of anilines is 1. The van der Waals surface area contributed by atoms with E-state index in [1.807, 2.05) is 36.4 Å². The van der Waals surface area contributed by atoms with Gasteiger partial charge in [0.2, 0.25) is 0 Å². The van der Waals surface area contributed by atoms with Crippen LogP contribution < -0.4 is 5.32 Å². The number of aliphatic hydroxyl groups is 1. The number of rotatable bonds is 5. The standard InChI is InChI=1S/C15H15N3O2/c19-10-14-5-4-13(20-14)9-16-12-3-1-2-11(8-12)15-6-7-17-18-15/h1-8,16,19H,9-10H2,(H,17,18). The Hall–Kier alpha value is -2.53. The van der Waals surface area contributed by atoms with Crippen molar-refractivity contribution in [2.45, 2.75) is 13.2 Å². The smallest absolute Gasteiger partial charge is 0.129 e. The van der Waals surface area contributed by atoms with Crippen LogP contribution >= 0.6 is 0 Å². The zero-order chi connectivity index (χ0) is 13.8. The van der Waals surface area contributed by atoms with Crippen molar-refractivity contribution in [1.29, 1.82) is 0 Å². The molecule has 5 nitrogen and oxygen atoms in total. The predicted molar refractivity (Wildman–Crippen MR) is 76.0 cm³/mol. The van der Waals surface area contributed by atoms with Gasteiger partial charge in [-0.15, -0.1) is 0 Å². The molecule has 102 valence electrons. The zero-order valence-corrected chi connectivity index (χ0v) is 10.8. The molecule has 0 spiro atoms. The first kappa shape index (κ1) is 12.5. The molecule has 0 unspecified atom stereocenters. The first-order chi connectivity index (χ1) is 9.85. The van der Waals surface area contributed by atoms with Gasteiger partial charge in [-0.1, -0.05) is 12.1 Å². The summed E-state index contributed by atoms with van der Waals surface area (Å²) in [4.78, 5) is 0. The minimum Gasteiger partial charge on any atom is -0.462 e. The fourth-order valence-corrected chi connectivity index (χ4v) is 2.00. The molecular formula is C15H15N3O2. The lowest BCUT2D eigenvalue weighted by Crippen LogP contribution is -1.98. The molecule has 0 atom stereocenters. The highest BCUT2D eigenvalue weighted by atomic mass is 16.4. The number of hydrogen-bond donors (Lipinski definition) is 3. The van der Waals surface area contributed by atoms with Crippen molar-refractivity contribution in [1.82, 2.24) is 10.2 Å². The molecule has 0 saturated heterocycles. The SMILES string of the molecule is OCc1ccc(CNc2cccc(-c3ccn[nH]3)c2)o1. The van der Waals surface area contributed by atoms with Gasteiger partial charge in [0.1, 0.15) is 18.1 Å². The Bertz CT molecular complexity index is 674. The van der Waals surface area contributed by atoms with Gasteiger partial charge < -0.3 is 14.8 Å². The number of benzene rings is 1. The van der Waals surface area contributed by atoms with E-state index in [0.29, 0.717) is 12.3 Å². The quantitative estimate of drug-likeness (QED) is 0.666. The maximum Gasteiger partial charge on any atom is 0.129 e. The Morgan fingerprint density at radius 3 is 2.80 bits per heavy atom. The predicted octanol–water partition coefficient (Wildman–Crippen LogP) is 2.77. The zero-order valence-electron chi connectivity index (χ0n) is 10.8. The van der Waals surface area contributed by atoms with Crippen LogP contribution in [-0.2, 0) is 13.2 Å². The average Bonchev–Trinajstić information content (AvgIpc) is 3.17. The van der Waals surface area contributed by atoms with Crippen molar-refractivity contribution in [2.75, 3.05) is 5.32 Å². The van der Waals surface area contributed by atoms with Crippen molar-refractivity contribution >= 4 is 5.69 Å². The molecule has 0 aliphatic heterocycles. The molecule has 3 rings (SSSR count). The molecule has 3 aromatic rings. The first-order valence-electron chi connectivity index (χ1n) is 6.37. The Morgan fingerprint density at radius 1 is 1.15 bits per heavy atom. The third kappa shape index (κ3) is 2.73. The number of aromatic nitrogens is 2. The minimum absolute atomic E-state index is 0.0741. The van der Waals surface area contributed by atoms with E-state index >= 15 is 0 Å². The minimum atomic E-state index is -0.0741. The summed E-state index contributed by atoms with van der Waals surface area (Å²) in [6, 6.07) is 13.6. The van der Waals surface area contributed by atoms with Gasteiger partial charge in [-0.05, 0) is 30.3 Å². The monoisotopic (exact) mass is 269 g/mol. The van der Waals surface area contributed by atoms with E-state index in [0.717, 1.165) is 22.7 Å². The summed E-state index contributed by atoms with van der Waals surface area (Å²) in [5.74, 6) is 1.37. The molecule has 0 fully saturated rings. The van der Waals surface area contributed by atoms with Gasteiger partial charge in [0, 0.05) is 17.4 Å². The maximum absolute atomic E-state index is 8.95. The van der Waals surface area contributed by atoms with Crippen LogP contribution in [0.5, 0.6) is 0 Å². The Kier molecular flexibility index (Phi) is 3.52. The summed E-state index contributed by atoms with van der Waals surface area (Å²) < 4.78 is 5.43. The first-order valence-corrected chi connectivity index (χ1v) is 6.37. The molecule has 0 aliphatic rings. The van der Waals surface area contributed by atoms with Gasteiger partial charge >= 0.3 is 0 Å². The lowest BCUT2D eigenvalue weighted by atomic mass is 10.1. The van der Waals surface area contributed by atoms with Gasteiger partial charge in [0.05, 0.1) is 12.2 Å². The Labute approximate surface area is 116 Å². The van der Waals surface area contributed by atoms with Gasteiger partial charge in [-0.3, -0.25) is 5.10 Å². The Balaban J connectivity index is 1.70. The largest absolute Gasteiger partial charge is 0.462 e. The Morgan fingerprint density at radius 2 is 2.05 bits per heavy atom. The van der Waals surface area contributed by atoms with Crippen LogP contribution in [0.4, 0.5) is 5.69 Å². The van der Waals surface area contributed by atoms with Crippen LogP contribution in [0.15, 0.2) is 53.1 Å². The molecule has 2 aromatic heterocycles. The maximum atomic E-state index is 8.95. The number of aromatic amines is 1.